The molecule has 134 valence electrons. The van der Waals surface area contributed by atoms with Crippen LogP contribution in [-0.4, -0.2) is 10.8 Å². The van der Waals surface area contributed by atoms with Crippen LogP contribution in [0.4, 0.5) is 13.2 Å². The van der Waals surface area contributed by atoms with Crippen molar-refractivity contribution < 1.29 is 18.0 Å². The third-order valence-corrected chi connectivity index (χ3v) is 5.22. The molecule has 3 aromatic rings. The van der Waals surface area contributed by atoms with Crippen LogP contribution in [0.5, 0.6) is 0 Å². The number of hydrogen-bond donors (Lipinski definition) is 1. The van der Waals surface area contributed by atoms with Gasteiger partial charge in [0.1, 0.15) is 5.78 Å². The van der Waals surface area contributed by atoms with E-state index in [-0.39, 0.29) is 17.6 Å². The molecule has 0 saturated carbocycles. The fourth-order valence-electron chi connectivity index (χ4n) is 4.04. The van der Waals surface area contributed by atoms with E-state index in [0.29, 0.717) is 12.8 Å². The Labute approximate surface area is 149 Å². The largest absolute Gasteiger partial charge is 0.416 e. The van der Waals surface area contributed by atoms with Crippen LogP contribution < -0.4 is 0 Å². The number of carbonyl (C=O) groups is 1. The number of carbonyl (C=O) groups excluding carboxylic acids is 1. The Morgan fingerprint density at radius 1 is 1.00 bits per heavy atom. The number of aromatic amines is 1. The standard InChI is InChI=1S/C21H18F3NO/c1-12-10-15(26)11-17(13-6-8-14(9-7-13)21(22,23)24)20-19(12)16-4-2-3-5-18(16)25-20/h2-9,12,17,25H,10-11H2,1H3/t12-,17-/m1/s1. The zero-order chi connectivity index (χ0) is 18.5. The number of rotatable bonds is 1. The molecule has 0 spiro atoms. The molecule has 2 aromatic carbocycles. The number of ketones is 1. The minimum Gasteiger partial charge on any atom is -0.358 e. The van der Waals surface area contributed by atoms with Gasteiger partial charge in [0.05, 0.1) is 5.56 Å². The van der Waals surface area contributed by atoms with Gasteiger partial charge in [-0.15, -0.1) is 0 Å². The Morgan fingerprint density at radius 2 is 1.69 bits per heavy atom. The molecular weight excluding hydrogens is 339 g/mol. The number of benzene rings is 2. The normalized spacial score (nSPS) is 20.8. The van der Waals surface area contributed by atoms with Crippen molar-refractivity contribution in [1.82, 2.24) is 4.98 Å². The summed E-state index contributed by atoms with van der Waals surface area (Å²) < 4.78 is 38.6. The molecule has 1 aromatic heterocycles. The molecule has 0 fully saturated rings. The van der Waals surface area contributed by atoms with Crippen molar-refractivity contribution in [1.29, 1.82) is 0 Å². The molecule has 0 aliphatic heterocycles. The molecule has 26 heavy (non-hydrogen) atoms. The van der Waals surface area contributed by atoms with Crippen LogP contribution in [0, 0.1) is 0 Å². The Balaban J connectivity index is 1.86. The highest BCUT2D eigenvalue weighted by Gasteiger charge is 2.33. The lowest BCUT2D eigenvalue weighted by Crippen LogP contribution is -2.09. The summed E-state index contributed by atoms with van der Waals surface area (Å²) >= 11 is 0. The quantitative estimate of drug-likeness (QED) is 0.550. The number of aromatic nitrogens is 1. The van der Waals surface area contributed by atoms with Crippen molar-refractivity contribution in [2.75, 3.05) is 0 Å². The van der Waals surface area contributed by atoms with E-state index >= 15 is 0 Å². The molecule has 0 bridgehead atoms. The van der Waals surface area contributed by atoms with Crippen molar-refractivity contribution in [3.05, 3.63) is 70.9 Å². The number of fused-ring (bicyclic) bond motifs is 3. The zero-order valence-corrected chi connectivity index (χ0v) is 14.2. The smallest absolute Gasteiger partial charge is 0.358 e. The summed E-state index contributed by atoms with van der Waals surface area (Å²) in [7, 11) is 0. The highest BCUT2D eigenvalue weighted by molar-refractivity contribution is 5.89. The molecule has 2 nitrogen and oxygen atoms in total. The van der Waals surface area contributed by atoms with Crippen molar-refractivity contribution in [3.8, 4) is 0 Å². The van der Waals surface area contributed by atoms with E-state index < -0.39 is 11.7 Å². The van der Waals surface area contributed by atoms with Crippen molar-refractivity contribution in [2.45, 2.75) is 37.8 Å². The molecule has 1 heterocycles. The molecule has 1 N–H and O–H groups in total. The van der Waals surface area contributed by atoms with Crippen molar-refractivity contribution in [3.63, 3.8) is 0 Å². The SMILES string of the molecule is C[C@@H]1CC(=O)C[C@H](c2ccc(C(F)(F)F)cc2)c2[nH]c3ccccc3c21. The molecule has 1 aliphatic carbocycles. The summed E-state index contributed by atoms with van der Waals surface area (Å²) in [6.45, 7) is 2.03. The predicted octanol–water partition coefficient (Wildman–Crippen LogP) is 5.79. The van der Waals surface area contributed by atoms with Gasteiger partial charge in [-0.25, -0.2) is 0 Å². The van der Waals surface area contributed by atoms with Gasteiger partial charge in [0, 0.05) is 35.4 Å². The molecule has 0 radical (unpaired) electrons. The number of alkyl halides is 3. The van der Waals surface area contributed by atoms with Crippen LogP contribution in [0.1, 0.15) is 54.0 Å². The lowest BCUT2D eigenvalue weighted by Gasteiger charge is -2.17. The maximum atomic E-state index is 12.9. The van der Waals surface area contributed by atoms with Crippen molar-refractivity contribution in [2.24, 2.45) is 0 Å². The van der Waals surface area contributed by atoms with Crippen molar-refractivity contribution >= 4 is 16.7 Å². The van der Waals surface area contributed by atoms with E-state index in [0.717, 1.165) is 39.9 Å². The van der Waals surface area contributed by atoms with Gasteiger partial charge in [-0.1, -0.05) is 37.3 Å². The first kappa shape index (κ1) is 16.9. The number of para-hydroxylation sites is 1. The fraction of sp³-hybridized carbons (Fsp3) is 0.286. The second kappa shape index (κ2) is 6.01. The lowest BCUT2D eigenvalue weighted by molar-refractivity contribution is -0.137. The highest BCUT2D eigenvalue weighted by Crippen LogP contribution is 2.42. The molecule has 0 amide bonds. The highest BCUT2D eigenvalue weighted by atomic mass is 19.4. The van der Waals surface area contributed by atoms with Crippen LogP contribution in [0.15, 0.2) is 48.5 Å². The molecule has 0 unspecified atom stereocenters. The van der Waals surface area contributed by atoms with Gasteiger partial charge in [0.2, 0.25) is 0 Å². The number of H-pyrrole nitrogens is 1. The van der Waals surface area contributed by atoms with Gasteiger partial charge >= 0.3 is 6.18 Å². The maximum Gasteiger partial charge on any atom is 0.416 e. The Hall–Kier alpha value is -2.56. The maximum absolute atomic E-state index is 12.9. The first-order valence-corrected chi connectivity index (χ1v) is 8.64. The van der Waals surface area contributed by atoms with Crippen LogP contribution >= 0.6 is 0 Å². The monoisotopic (exact) mass is 357 g/mol. The van der Waals surface area contributed by atoms with Gasteiger partial charge in [-0.05, 0) is 35.2 Å². The lowest BCUT2D eigenvalue weighted by atomic mass is 9.89. The summed E-state index contributed by atoms with van der Waals surface area (Å²) in [6.07, 6.45) is -3.61. The van der Waals surface area contributed by atoms with Gasteiger partial charge in [0.25, 0.3) is 0 Å². The summed E-state index contributed by atoms with van der Waals surface area (Å²) in [6, 6.07) is 13.1. The van der Waals surface area contributed by atoms with E-state index in [1.807, 2.05) is 31.2 Å². The molecule has 5 heteroatoms. The summed E-state index contributed by atoms with van der Waals surface area (Å²) in [5, 5.41) is 1.08. The summed E-state index contributed by atoms with van der Waals surface area (Å²) in [5.74, 6) is -0.0405. The Kier molecular flexibility index (Phi) is 3.90. The average molecular weight is 357 g/mol. The summed E-state index contributed by atoms with van der Waals surface area (Å²) in [5.41, 5.74) is 3.11. The molecule has 0 saturated heterocycles. The second-order valence-electron chi connectivity index (χ2n) is 7.02. The Morgan fingerprint density at radius 3 is 2.38 bits per heavy atom. The van der Waals surface area contributed by atoms with E-state index in [1.54, 1.807) is 0 Å². The fourth-order valence-corrected chi connectivity index (χ4v) is 4.04. The minimum absolute atomic E-state index is 0.0769. The topological polar surface area (TPSA) is 32.9 Å². The number of nitrogens with one attached hydrogen (secondary N) is 1. The first-order chi connectivity index (χ1) is 12.3. The van der Waals surface area contributed by atoms with Gasteiger partial charge in [0.15, 0.2) is 0 Å². The molecule has 4 rings (SSSR count). The van der Waals surface area contributed by atoms with Crippen LogP contribution in [-0.2, 0) is 11.0 Å². The van der Waals surface area contributed by atoms with E-state index in [1.165, 1.54) is 12.1 Å². The van der Waals surface area contributed by atoms with E-state index in [2.05, 4.69) is 4.98 Å². The number of hydrogen-bond acceptors (Lipinski definition) is 1. The van der Waals surface area contributed by atoms with Crippen LogP contribution in [0.2, 0.25) is 0 Å². The molecular formula is C21H18F3NO. The van der Waals surface area contributed by atoms with E-state index in [4.69, 9.17) is 0 Å². The number of halogens is 3. The third kappa shape index (κ3) is 2.81. The zero-order valence-electron chi connectivity index (χ0n) is 14.2. The molecule has 1 aliphatic rings. The second-order valence-corrected chi connectivity index (χ2v) is 7.02. The summed E-state index contributed by atoms with van der Waals surface area (Å²) in [4.78, 5) is 15.8. The first-order valence-electron chi connectivity index (χ1n) is 8.64. The predicted molar refractivity (Wildman–Crippen MR) is 94.2 cm³/mol. The van der Waals surface area contributed by atoms with Gasteiger partial charge < -0.3 is 4.98 Å². The van der Waals surface area contributed by atoms with Gasteiger partial charge in [-0.3, -0.25) is 4.79 Å². The molecule has 2 atom stereocenters. The average Bonchev–Trinajstić information content (AvgIpc) is 2.92. The number of Topliss-reactive ketones (excluding diaryl/α,β-unsaturated/α-hetero) is 1. The van der Waals surface area contributed by atoms with Gasteiger partial charge in [-0.2, -0.15) is 13.2 Å². The third-order valence-electron chi connectivity index (χ3n) is 5.22. The minimum atomic E-state index is -4.36. The van der Waals surface area contributed by atoms with Crippen LogP contribution in [0.25, 0.3) is 10.9 Å². The van der Waals surface area contributed by atoms with Crippen LogP contribution in [0.3, 0.4) is 0 Å². The van der Waals surface area contributed by atoms with E-state index in [9.17, 15) is 18.0 Å². The Bertz CT molecular complexity index is 969.